The molecule has 2 unspecified atom stereocenters. The SMILES string of the molecule is CCNC(=NCc1ccc(CN2CCCCC2)cc1)NCC(C)N1CCOCC1C. The summed E-state index contributed by atoms with van der Waals surface area (Å²) in [6, 6.07) is 9.90. The zero-order valence-corrected chi connectivity index (χ0v) is 19.2. The van der Waals surface area contributed by atoms with Crippen LogP contribution in [-0.2, 0) is 17.8 Å². The first kappa shape index (κ1) is 23.0. The third-order valence-electron chi connectivity index (χ3n) is 6.19. The van der Waals surface area contributed by atoms with Crippen LogP contribution in [-0.4, -0.2) is 73.8 Å². The van der Waals surface area contributed by atoms with Crippen molar-refractivity contribution in [1.82, 2.24) is 20.4 Å². The van der Waals surface area contributed by atoms with Crippen molar-refractivity contribution in [1.29, 1.82) is 0 Å². The van der Waals surface area contributed by atoms with Crippen LogP contribution in [0.15, 0.2) is 29.3 Å². The molecule has 30 heavy (non-hydrogen) atoms. The third kappa shape index (κ3) is 7.25. The van der Waals surface area contributed by atoms with E-state index in [1.165, 1.54) is 43.5 Å². The Bertz CT molecular complexity index is 642. The molecule has 0 aromatic heterocycles. The van der Waals surface area contributed by atoms with E-state index in [1.54, 1.807) is 0 Å². The highest BCUT2D eigenvalue weighted by molar-refractivity contribution is 5.79. The van der Waals surface area contributed by atoms with Crippen molar-refractivity contribution in [2.45, 2.75) is 65.2 Å². The lowest BCUT2D eigenvalue weighted by atomic mass is 10.1. The molecule has 0 saturated carbocycles. The van der Waals surface area contributed by atoms with Crippen molar-refractivity contribution < 1.29 is 4.74 Å². The lowest BCUT2D eigenvalue weighted by molar-refractivity contribution is -0.0174. The van der Waals surface area contributed by atoms with Gasteiger partial charge < -0.3 is 15.4 Å². The molecule has 6 nitrogen and oxygen atoms in total. The summed E-state index contributed by atoms with van der Waals surface area (Å²) >= 11 is 0. The molecule has 2 atom stereocenters. The minimum absolute atomic E-state index is 0.446. The van der Waals surface area contributed by atoms with Gasteiger partial charge in [0.2, 0.25) is 0 Å². The van der Waals surface area contributed by atoms with Gasteiger partial charge in [-0.2, -0.15) is 0 Å². The van der Waals surface area contributed by atoms with Crippen LogP contribution in [0.3, 0.4) is 0 Å². The summed E-state index contributed by atoms with van der Waals surface area (Å²) in [6.45, 7) is 15.3. The van der Waals surface area contributed by atoms with Gasteiger partial charge in [-0.3, -0.25) is 9.80 Å². The number of aliphatic imine (C=N–C) groups is 1. The van der Waals surface area contributed by atoms with E-state index in [4.69, 9.17) is 9.73 Å². The molecule has 0 amide bonds. The van der Waals surface area contributed by atoms with Crippen molar-refractivity contribution in [2.24, 2.45) is 4.99 Å². The van der Waals surface area contributed by atoms with Crippen molar-refractivity contribution in [3.8, 4) is 0 Å². The molecule has 2 N–H and O–H groups in total. The van der Waals surface area contributed by atoms with Gasteiger partial charge in [0, 0.05) is 38.3 Å². The average Bonchev–Trinajstić information content (AvgIpc) is 2.77. The quantitative estimate of drug-likeness (QED) is 0.505. The molecule has 2 fully saturated rings. The molecular formula is C24H41N5O. The number of nitrogens with one attached hydrogen (secondary N) is 2. The van der Waals surface area contributed by atoms with Gasteiger partial charge in [-0.05, 0) is 57.8 Å². The maximum absolute atomic E-state index is 5.56. The molecular weight excluding hydrogens is 374 g/mol. The van der Waals surface area contributed by atoms with E-state index in [0.29, 0.717) is 18.6 Å². The van der Waals surface area contributed by atoms with Crippen LogP contribution in [0.25, 0.3) is 0 Å². The zero-order chi connectivity index (χ0) is 21.2. The van der Waals surface area contributed by atoms with Gasteiger partial charge in [-0.15, -0.1) is 0 Å². The number of rotatable bonds is 8. The van der Waals surface area contributed by atoms with Crippen molar-refractivity contribution in [3.05, 3.63) is 35.4 Å². The lowest BCUT2D eigenvalue weighted by Gasteiger charge is -2.38. The van der Waals surface area contributed by atoms with Gasteiger partial charge in [0.1, 0.15) is 0 Å². The molecule has 2 aliphatic heterocycles. The molecule has 3 rings (SSSR count). The van der Waals surface area contributed by atoms with E-state index < -0.39 is 0 Å². The van der Waals surface area contributed by atoms with E-state index in [0.717, 1.165) is 45.4 Å². The van der Waals surface area contributed by atoms with E-state index in [9.17, 15) is 0 Å². The van der Waals surface area contributed by atoms with Crippen LogP contribution in [0, 0.1) is 0 Å². The number of benzene rings is 1. The molecule has 1 aromatic rings. The first-order valence-electron chi connectivity index (χ1n) is 11.8. The van der Waals surface area contributed by atoms with Crippen LogP contribution < -0.4 is 10.6 Å². The summed E-state index contributed by atoms with van der Waals surface area (Å²) in [4.78, 5) is 9.89. The normalized spacial score (nSPS) is 22.6. The van der Waals surface area contributed by atoms with Crippen LogP contribution in [0.1, 0.15) is 51.2 Å². The second-order valence-electron chi connectivity index (χ2n) is 8.74. The summed E-state index contributed by atoms with van der Waals surface area (Å²) < 4.78 is 5.56. The van der Waals surface area contributed by atoms with Crippen molar-refractivity contribution >= 4 is 5.96 Å². The number of morpholine rings is 1. The molecule has 0 bridgehead atoms. The Balaban J connectivity index is 1.48. The summed E-state index contributed by atoms with van der Waals surface area (Å²) in [6.07, 6.45) is 4.08. The van der Waals surface area contributed by atoms with E-state index >= 15 is 0 Å². The highest BCUT2D eigenvalue weighted by atomic mass is 16.5. The van der Waals surface area contributed by atoms with Gasteiger partial charge in [-0.25, -0.2) is 4.99 Å². The Labute approximate surface area is 183 Å². The smallest absolute Gasteiger partial charge is 0.191 e. The summed E-state index contributed by atoms with van der Waals surface area (Å²) in [7, 11) is 0. The Kier molecular flexibility index (Phi) is 9.43. The van der Waals surface area contributed by atoms with Crippen molar-refractivity contribution in [3.63, 3.8) is 0 Å². The number of hydrogen-bond acceptors (Lipinski definition) is 4. The molecule has 6 heteroatoms. The van der Waals surface area contributed by atoms with E-state index in [2.05, 4.69) is 65.5 Å². The third-order valence-corrected chi connectivity index (χ3v) is 6.19. The maximum atomic E-state index is 5.56. The Morgan fingerprint density at radius 3 is 2.53 bits per heavy atom. The minimum Gasteiger partial charge on any atom is -0.379 e. The van der Waals surface area contributed by atoms with Gasteiger partial charge >= 0.3 is 0 Å². The average molecular weight is 416 g/mol. The van der Waals surface area contributed by atoms with E-state index in [1.807, 2.05) is 0 Å². The standard InChI is InChI=1S/C24H41N5O/c1-4-25-24(26-16-20(2)29-14-15-30-19-21(29)3)27-17-22-8-10-23(11-9-22)18-28-12-6-5-7-13-28/h8-11,20-21H,4-7,12-19H2,1-3H3,(H2,25,26,27). The summed E-state index contributed by atoms with van der Waals surface area (Å²) in [5.41, 5.74) is 2.66. The largest absolute Gasteiger partial charge is 0.379 e. The Morgan fingerprint density at radius 1 is 1.10 bits per heavy atom. The number of ether oxygens (including phenoxy) is 1. The Hall–Kier alpha value is -1.63. The molecule has 1 aromatic carbocycles. The number of hydrogen-bond donors (Lipinski definition) is 2. The van der Waals surface area contributed by atoms with Gasteiger partial charge in [0.05, 0.1) is 19.8 Å². The molecule has 0 spiro atoms. The van der Waals surface area contributed by atoms with E-state index in [-0.39, 0.29) is 0 Å². The molecule has 0 radical (unpaired) electrons. The molecule has 168 valence electrons. The summed E-state index contributed by atoms with van der Waals surface area (Å²) in [5.74, 6) is 0.891. The van der Waals surface area contributed by atoms with Crippen LogP contribution in [0.4, 0.5) is 0 Å². The fourth-order valence-corrected chi connectivity index (χ4v) is 4.39. The topological polar surface area (TPSA) is 52.1 Å². The number of nitrogens with zero attached hydrogens (tertiary/aromatic N) is 3. The number of piperidine rings is 1. The van der Waals surface area contributed by atoms with Crippen LogP contribution in [0.2, 0.25) is 0 Å². The van der Waals surface area contributed by atoms with Crippen LogP contribution >= 0.6 is 0 Å². The monoisotopic (exact) mass is 415 g/mol. The minimum atomic E-state index is 0.446. The van der Waals surface area contributed by atoms with Crippen LogP contribution in [0.5, 0.6) is 0 Å². The second kappa shape index (κ2) is 12.3. The van der Waals surface area contributed by atoms with Gasteiger partial charge in [0.25, 0.3) is 0 Å². The molecule has 2 saturated heterocycles. The maximum Gasteiger partial charge on any atom is 0.191 e. The van der Waals surface area contributed by atoms with Gasteiger partial charge in [-0.1, -0.05) is 30.7 Å². The van der Waals surface area contributed by atoms with Gasteiger partial charge in [0.15, 0.2) is 5.96 Å². The fraction of sp³-hybridized carbons (Fsp3) is 0.708. The molecule has 0 aliphatic carbocycles. The molecule has 2 aliphatic rings. The summed E-state index contributed by atoms with van der Waals surface area (Å²) in [5, 5.41) is 6.90. The number of guanidine groups is 1. The lowest BCUT2D eigenvalue weighted by Crippen LogP contribution is -2.53. The highest BCUT2D eigenvalue weighted by Crippen LogP contribution is 2.14. The molecule has 2 heterocycles. The Morgan fingerprint density at radius 2 is 1.83 bits per heavy atom. The zero-order valence-electron chi connectivity index (χ0n) is 19.2. The highest BCUT2D eigenvalue weighted by Gasteiger charge is 2.23. The fourth-order valence-electron chi connectivity index (χ4n) is 4.39. The number of likely N-dealkylation sites (tertiary alicyclic amines) is 1. The first-order valence-corrected chi connectivity index (χ1v) is 11.8. The second-order valence-corrected chi connectivity index (χ2v) is 8.74. The predicted molar refractivity (Wildman–Crippen MR) is 125 cm³/mol. The predicted octanol–water partition coefficient (Wildman–Crippen LogP) is 2.84. The first-order chi connectivity index (χ1) is 14.7. The van der Waals surface area contributed by atoms with Crippen molar-refractivity contribution in [2.75, 3.05) is 45.9 Å².